The molecule has 1 aliphatic carbocycles. The van der Waals surface area contributed by atoms with Gasteiger partial charge in [0.05, 0.1) is 23.7 Å². The fourth-order valence-electron chi connectivity index (χ4n) is 4.57. The molecule has 9 heteroatoms. The van der Waals surface area contributed by atoms with Gasteiger partial charge in [0, 0.05) is 19.5 Å². The molecular formula is C24H30ClN5O3. The minimum atomic E-state index is -0.706. The summed E-state index contributed by atoms with van der Waals surface area (Å²) in [5.74, 6) is 1.32. The molecule has 2 heterocycles. The van der Waals surface area contributed by atoms with Crippen LogP contribution in [0.1, 0.15) is 62.0 Å². The number of benzene rings is 1. The van der Waals surface area contributed by atoms with E-state index in [1.807, 2.05) is 29.9 Å². The zero-order valence-corrected chi connectivity index (χ0v) is 20.0. The normalized spacial score (nSPS) is 18.4. The summed E-state index contributed by atoms with van der Waals surface area (Å²) in [6.07, 6.45) is 4.68. The van der Waals surface area contributed by atoms with Crippen molar-refractivity contribution in [2.45, 2.75) is 57.9 Å². The van der Waals surface area contributed by atoms with Crippen LogP contribution in [0.25, 0.3) is 11.0 Å². The van der Waals surface area contributed by atoms with Gasteiger partial charge in [-0.05, 0) is 49.8 Å². The van der Waals surface area contributed by atoms with Gasteiger partial charge >= 0.3 is 5.97 Å². The number of carboxylic acid groups (broad SMARTS) is 1. The Balaban J connectivity index is 1.66. The zero-order chi connectivity index (χ0) is 23.5. The molecule has 33 heavy (non-hydrogen) atoms. The van der Waals surface area contributed by atoms with Gasteiger partial charge in [-0.25, -0.2) is 9.97 Å². The Bertz CT molecular complexity index is 1150. The van der Waals surface area contributed by atoms with Crippen molar-refractivity contribution in [1.29, 1.82) is 0 Å². The van der Waals surface area contributed by atoms with Crippen molar-refractivity contribution in [2.24, 2.45) is 13.0 Å². The van der Waals surface area contributed by atoms with Crippen LogP contribution >= 0.6 is 11.6 Å². The van der Waals surface area contributed by atoms with Crippen LogP contribution in [0, 0.1) is 5.92 Å². The number of methoxy groups -OCH3 is 1. The zero-order valence-electron chi connectivity index (χ0n) is 19.3. The van der Waals surface area contributed by atoms with Gasteiger partial charge in [-0.2, -0.15) is 5.10 Å². The van der Waals surface area contributed by atoms with Crippen molar-refractivity contribution in [3.05, 3.63) is 40.3 Å². The highest BCUT2D eigenvalue weighted by Gasteiger charge is 2.29. The van der Waals surface area contributed by atoms with Crippen molar-refractivity contribution in [3.8, 4) is 5.75 Å². The Morgan fingerprint density at radius 2 is 2.03 bits per heavy atom. The van der Waals surface area contributed by atoms with E-state index in [1.165, 1.54) is 0 Å². The maximum Gasteiger partial charge on any atom is 0.306 e. The van der Waals surface area contributed by atoms with Gasteiger partial charge in [0.1, 0.15) is 22.6 Å². The van der Waals surface area contributed by atoms with Gasteiger partial charge in [-0.15, -0.1) is 0 Å². The number of halogens is 1. The molecule has 0 aliphatic heterocycles. The number of hydrogen-bond donors (Lipinski definition) is 2. The number of nitrogens with zero attached hydrogens (tertiary/aromatic N) is 4. The number of aryl methyl sites for hydroxylation is 2. The lowest BCUT2D eigenvalue weighted by Gasteiger charge is -2.25. The number of rotatable bonds is 8. The summed E-state index contributed by atoms with van der Waals surface area (Å²) in [5.41, 5.74) is 3.72. The van der Waals surface area contributed by atoms with Crippen LogP contribution in [0.5, 0.6) is 5.75 Å². The van der Waals surface area contributed by atoms with Crippen LogP contribution in [0.15, 0.2) is 18.2 Å². The molecule has 4 rings (SSSR count). The van der Waals surface area contributed by atoms with Crippen molar-refractivity contribution in [3.63, 3.8) is 0 Å². The van der Waals surface area contributed by atoms with E-state index in [1.54, 1.807) is 7.11 Å². The maximum atomic E-state index is 11.4. The van der Waals surface area contributed by atoms with Crippen molar-refractivity contribution < 1.29 is 14.6 Å². The number of hydrogen-bond acceptors (Lipinski definition) is 6. The lowest BCUT2D eigenvalue weighted by molar-refractivity contribution is -0.142. The minimum absolute atomic E-state index is 0.149. The molecule has 0 bridgehead atoms. The molecule has 0 unspecified atom stereocenters. The van der Waals surface area contributed by atoms with Crippen molar-refractivity contribution >= 4 is 34.4 Å². The average molecular weight is 472 g/mol. The van der Waals surface area contributed by atoms with E-state index in [9.17, 15) is 9.90 Å². The summed E-state index contributed by atoms with van der Waals surface area (Å²) in [7, 11) is 3.51. The lowest BCUT2D eigenvalue weighted by Crippen LogP contribution is -2.21. The summed E-state index contributed by atoms with van der Waals surface area (Å²) < 4.78 is 7.09. The molecule has 2 N–H and O–H groups in total. The quantitative estimate of drug-likeness (QED) is 0.479. The molecule has 1 fully saturated rings. The summed E-state index contributed by atoms with van der Waals surface area (Å²) in [6.45, 7) is 2.66. The predicted octanol–water partition coefficient (Wildman–Crippen LogP) is 4.95. The highest BCUT2D eigenvalue weighted by atomic mass is 35.5. The first kappa shape index (κ1) is 23.3. The Morgan fingerprint density at radius 3 is 2.67 bits per heavy atom. The molecule has 1 saturated carbocycles. The van der Waals surface area contributed by atoms with Crippen molar-refractivity contribution in [2.75, 3.05) is 12.4 Å². The minimum Gasteiger partial charge on any atom is -0.495 e. The third-order valence-electron chi connectivity index (χ3n) is 6.37. The first-order valence-electron chi connectivity index (χ1n) is 11.4. The van der Waals surface area contributed by atoms with Gasteiger partial charge in [0.25, 0.3) is 0 Å². The Morgan fingerprint density at radius 1 is 1.27 bits per heavy atom. The third kappa shape index (κ3) is 4.90. The molecule has 0 atom stereocenters. The van der Waals surface area contributed by atoms with Crippen LogP contribution in [0.2, 0.25) is 5.02 Å². The van der Waals surface area contributed by atoms with Crippen LogP contribution < -0.4 is 10.1 Å². The number of aliphatic carboxylic acids is 1. The van der Waals surface area contributed by atoms with Gasteiger partial charge < -0.3 is 15.2 Å². The van der Waals surface area contributed by atoms with Crippen LogP contribution in [-0.2, 0) is 24.8 Å². The van der Waals surface area contributed by atoms with E-state index in [0.29, 0.717) is 30.2 Å². The van der Waals surface area contributed by atoms with Crippen LogP contribution in [0.3, 0.4) is 0 Å². The molecule has 2 aromatic heterocycles. The average Bonchev–Trinajstić information content (AvgIpc) is 3.13. The highest BCUT2D eigenvalue weighted by Crippen LogP contribution is 2.36. The summed E-state index contributed by atoms with van der Waals surface area (Å²) in [5, 5.41) is 18.1. The molecule has 1 aliphatic rings. The summed E-state index contributed by atoms with van der Waals surface area (Å²) >= 11 is 6.30. The van der Waals surface area contributed by atoms with E-state index < -0.39 is 5.97 Å². The van der Waals surface area contributed by atoms with Gasteiger partial charge in [-0.1, -0.05) is 31.0 Å². The fraction of sp³-hybridized carbons (Fsp3) is 0.500. The molecular weight excluding hydrogens is 442 g/mol. The third-order valence-corrected chi connectivity index (χ3v) is 6.67. The number of aromatic nitrogens is 4. The monoisotopic (exact) mass is 471 g/mol. The first-order valence-corrected chi connectivity index (χ1v) is 11.8. The predicted molar refractivity (Wildman–Crippen MR) is 128 cm³/mol. The first-order chi connectivity index (χ1) is 15.9. The fourth-order valence-corrected chi connectivity index (χ4v) is 4.85. The Hall–Kier alpha value is -2.87. The summed E-state index contributed by atoms with van der Waals surface area (Å²) in [6, 6.07) is 5.70. The smallest absolute Gasteiger partial charge is 0.306 e. The largest absolute Gasteiger partial charge is 0.495 e. The van der Waals surface area contributed by atoms with Gasteiger partial charge in [-0.3, -0.25) is 9.48 Å². The molecule has 176 valence electrons. The van der Waals surface area contributed by atoms with E-state index >= 15 is 0 Å². The van der Waals surface area contributed by atoms with Crippen LogP contribution in [0.4, 0.5) is 5.82 Å². The van der Waals surface area contributed by atoms with Crippen molar-refractivity contribution in [1.82, 2.24) is 19.7 Å². The SMILES string of the molecule is CCCc1nn(C)c2c(NCc3ccc(OC)c(Cl)c3)nc(C3CCC(C(=O)O)CC3)nc12. The molecule has 0 radical (unpaired) electrons. The number of anilines is 1. The second kappa shape index (κ2) is 9.95. The topological polar surface area (TPSA) is 102 Å². The molecule has 0 saturated heterocycles. The molecule has 3 aromatic rings. The van der Waals surface area contributed by atoms with Gasteiger partial charge in [0.2, 0.25) is 0 Å². The van der Waals surface area contributed by atoms with Gasteiger partial charge in [0.15, 0.2) is 5.82 Å². The van der Waals surface area contributed by atoms with E-state index in [2.05, 4.69) is 12.2 Å². The molecule has 8 nitrogen and oxygen atoms in total. The molecule has 1 aromatic carbocycles. The second-order valence-electron chi connectivity index (χ2n) is 8.66. The van der Waals surface area contributed by atoms with E-state index in [0.717, 1.165) is 59.6 Å². The Labute approximate surface area is 198 Å². The number of nitrogens with one attached hydrogen (secondary N) is 1. The number of carbonyl (C=O) groups is 1. The standard InChI is InChI=1S/C24H30ClN5O3/c1-4-5-18-20-21(30(2)29-18)23(26-13-14-6-11-19(33-3)17(25)12-14)28-22(27-20)15-7-9-16(10-8-15)24(31)32/h6,11-12,15-16H,4-5,7-10,13H2,1-3H3,(H,31,32)(H,26,27,28). The number of ether oxygens (including phenoxy) is 1. The number of fused-ring (bicyclic) bond motifs is 1. The highest BCUT2D eigenvalue weighted by molar-refractivity contribution is 6.32. The second-order valence-corrected chi connectivity index (χ2v) is 9.06. The molecule has 0 spiro atoms. The number of carboxylic acids is 1. The Kier molecular flexibility index (Phi) is 7.02. The van der Waals surface area contributed by atoms with E-state index in [-0.39, 0.29) is 11.8 Å². The van der Waals surface area contributed by atoms with Crippen LogP contribution in [-0.4, -0.2) is 37.9 Å². The van der Waals surface area contributed by atoms with E-state index in [4.69, 9.17) is 31.4 Å². The maximum absolute atomic E-state index is 11.4. The lowest BCUT2D eigenvalue weighted by atomic mass is 9.81. The molecule has 0 amide bonds. The summed E-state index contributed by atoms with van der Waals surface area (Å²) in [4.78, 5) is 21.2.